The second kappa shape index (κ2) is 7.92. The predicted molar refractivity (Wildman–Crippen MR) is 90.5 cm³/mol. The number of aryl methyl sites for hydroxylation is 2. The minimum Gasteiger partial charge on any atom is -0.484 e. The topological polar surface area (TPSA) is 88.0 Å². The first-order valence-corrected chi connectivity index (χ1v) is 7.31. The number of carboxylic acids is 1. The summed E-state index contributed by atoms with van der Waals surface area (Å²) in [5, 5.41) is 12.8. The van der Waals surface area contributed by atoms with E-state index in [0.717, 1.165) is 11.1 Å². The number of nitrogens with one attached hydrogen (secondary N) is 1. The molecule has 0 saturated heterocycles. The second-order valence-corrected chi connectivity index (χ2v) is 5.22. The van der Waals surface area contributed by atoms with Crippen molar-refractivity contribution < 1.29 is 19.4 Å². The lowest BCUT2D eigenvalue weighted by Crippen LogP contribution is -2.24. The number of amides is 1. The number of carbonyl (C=O) groups excluding carboxylic acids is 1. The van der Waals surface area contributed by atoms with Gasteiger partial charge in [0.15, 0.2) is 6.61 Å². The molecule has 6 heteroatoms. The van der Waals surface area contributed by atoms with Crippen LogP contribution in [0.2, 0.25) is 0 Å². The number of nitrogens with zero attached hydrogens (tertiary/aromatic N) is 1. The van der Waals surface area contributed by atoms with Crippen LogP contribution >= 0.6 is 0 Å². The van der Waals surface area contributed by atoms with Crippen molar-refractivity contribution in [2.45, 2.75) is 13.8 Å². The van der Waals surface area contributed by atoms with Crippen molar-refractivity contribution in [3.8, 4) is 5.75 Å². The lowest BCUT2D eigenvalue weighted by Gasteiger charge is -2.07. The predicted octanol–water partition coefficient (Wildman–Crippen LogP) is 2.53. The number of hydrogen-bond donors (Lipinski definition) is 2. The zero-order valence-electron chi connectivity index (χ0n) is 13.4. The largest absolute Gasteiger partial charge is 0.484 e. The molecule has 0 aromatic heterocycles. The van der Waals surface area contributed by atoms with Crippen LogP contribution in [0.25, 0.3) is 0 Å². The number of aromatic carboxylic acids is 1. The van der Waals surface area contributed by atoms with Crippen molar-refractivity contribution in [1.29, 1.82) is 0 Å². The third-order valence-electron chi connectivity index (χ3n) is 3.43. The van der Waals surface area contributed by atoms with Gasteiger partial charge in [-0.1, -0.05) is 24.3 Å². The summed E-state index contributed by atoms with van der Waals surface area (Å²) in [4.78, 5) is 22.8. The first-order chi connectivity index (χ1) is 11.5. The number of carboxylic acid groups (broad SMARTS) is 1. The maximum atomic E-state index is 11.7. The van der Waals surface area contributed by atoms with Crippen molar-refractivity contribution in [1.82, 2.24) is 5.43 Å². The van der Waals surface area contributed by atoms with Crippen molar-refractivity contribution in [2.75, 3.05) is 6.61 Å². The van der Waals surface area contributed by atoms with E-state index in [4.69, 9.17) is 9.84 Å². The fourth-order valence-corrected chi connectivity index (χ4v) is 1.96. The van der Waals surface area contributed by atoms with Crippen molar-refractivity contribution in [2.24, 2.45) is 5.10 Å². The SMILES string of the molecule is Cc1ccc(OCC(=O)N/N=C/c2ccccc2C(=O)O)cc1C. The molecule has 0 atom stereocenters. The van der Waals surface area contributed by atoms with Crippen molar-refractivity contribution >= 4 is 18.1 Å². The van der Waals surface area contributed by atoms with Crippen LogP contribution in [0.4, 0.5) is 0 Å². The third kappa shape index (κ3) is 4.67. The normalized spacial score (nSPS) is 10.6. The van der Waals surface area contributed by atoms with Crippen LogP contribution in [0.5, 0.6) is 5.75 Å². The molecule has 2 aromatic rings. The van der Waals surface area contributed by atoms with Crippen LogP contribution in [-0.4, -0.2) is 29.8 Å². The number of hydrazone groups is 1. The van der Waals surface area contributed by atoms with E-state index in [1.165, 1.54) is 12.3 Å². The van der Waals surface area contributed by atoms with Gasteiger partial charge in [-0.15, -0.1) is 0 Å². The van der Waals surface area contributed by atoms with Crippen LogP contribution < -0.4 is 10.2 Å². The molecule has 2 rings (SSSR count). The molecule has 0 aliphatic carbocycles. The maximum absolute atomic E-state index is 11.7. The minimum atomic E-state index is -1.05. The minimum absolute atomic E-state index is 0.113. The Morgan fingerprint density at radius 2 is 1.92 bits per heavy atom. The highest BCUT2D eigenvalue weighted by atomic mass is 16.5. The Hall–Kier alpha value is -3.15. The molecule has 0 heterocycles. The Bertz CT molecular complexity index is 784. The average molecular weight is 326 g/mol. The molecule has 6 nitrogen and oxygen atoms in total. The fourth-order valence-electron chi connectivity index (χ4n) is 1.96. The summed E-state index contributed by atoms with van der Waals surface area (Å²) in [7, 11) is 0. The number of rotatable bonds is 6. The van der Waals surface area contributed by atoms with E-state index in [-0.39, 0.29) is 12.2 Å². The van der Waals surface area contributed by atoms with Crippen LogP contribution in [0.15, 0.2) is 47.6 Å². The standard InChI is InChI=1S/C18H18N2O4/c1-12-7-8-15(9-13(12)2)24-11-17(21)20-19-10-14-5-3-4-6-16(14)18(22)23/h3-10H,11H2,1-2H3,(H,20,21)(H,22,23)/b19-10+. The van der Waals surface area contributed by atoms with E-state index in [9.17, 15) is 9.59 Å². The average Bonchev–Trinajstić information content (AvgIpc) is 2.56. The summed E-state index contributed by atoms with van der Waals surface area (Å²) in [6.45, 7) is 3.78. The lowest BCUT2D eigenvalue weighted by atomic mass is 10.1. The number of carbonyl (C=O) groups is 2. The van der Waals surface area contributed by atoms with Crippen LogP contribution in [0.1, 0.15) is 27.0 Å². The molecule has 0 bridgehead atoms. The monoisotopic (exact) mass is 326 g/mol. The lowest BCUT2D eigenvalue weighted by molar-refractivity contribution is -0.123. The zero-order valence-corrected chi connectivity index (χ0v) is 13.4. The molecule has 0 spiro atoms. The second-order valence-electron chi connectivity index (χ2n) is 5.22. The molecule has 0 aliphatic heterocycles. The van der Waals surface area contributed by atoms with Gasteiger partial charge >= 0.3 is 5.97 Å². The Morgan fingerprint density at radius 3 is 2.62 bits per heavy atom. The van der Waals surface area contributed by atoms with Gasteiger partial charge in [-0.05, 0) is 43.2 Å². The van der Waals surface area contributed by atoms with Gasteiger partial charge in [0.05, 0.1) is 11.8 Å². The van der Waals surface area contributed by atoms with Gasteiger partial charge in [0.25, 0.3) is 5.91 Å². The summed E-state index contributed by atoms with van der Waals surface area (Å²) >= 11 is 0. The quantitative estimate of drug-likeness (QED) is 0.631. The van der Waals surface area contributed by atoms with E-state index >= 15 is 0 Å². The highest BCUT2D eigenvalue weighted by molar-refractivity contribution is 5.98. The Kier molecular flexibility index (Phi) is 5.68. The molecular formula is C18H18N2O4. The maximum Gasteiger partial charge on any atom is 0.336 e. The Morgan fingerprint density at radius 1 is 1.17 bits per heavy atom. The first kappa shape index (κ1) is 17.2. The van der Waals surface area contributed by atoms with Crippen molar-refractivity contribution in [3.05, 3.63) is 64.7 Å². The van der Waals surface area contributed by atoms with Gasteiger partial charge in [-0.2, -0.15) is 5.10 Å². The molecule has 0 fully saturated rings. The van der Waals surface area contributed by atoms with Gasteiger partial charge < -0.3 is 9.84 Å². The van der Waals surface area contributed by atoms with Gasteiger partial charge in [0, 0.05) is 5.56 Å². The van der Waals surface area contributed by atoms with Gasteiger partial charge in [0.2, 0.25) is 0 Å². The molecule has 0 saturated carbocycles. The summed E-state index contributed by atoms with van der Waals surface area (Å²) in [5.41, 5.74) is 5.05. The van der Waals surface area contributed by atoms with E-state index in [1.807, 2.05) is 26.0 Å². The summed E-state index contributed by atoms with van der Waals surface area (Å²) < 4.78 is 5.39. The van der Waals surface area contributed by atoms with Crippen LogP contribution in [0.3, 0.4) is 0 Å². The summed E-state index contributed by atoms with van der Waals surface area (Å²) in [5.74, 6) is -0.882. The van der Waals surface area contributed by atoms with Gasteiger partial charge in [-0.3, -0.25) is 4.79 Å². The molecule has 1 amide bonds. The molecule has 124 valence electrons. The Labute approximate surface area is 139 Å². The Balaban J connectivity index is 1.89. The highest BCUT2D eigenvalue weighted by Crippen LogP contribution is 2.16. The summed E-state index contributed by atoms with van der Waals surface area (Å²) in [6.07, 6.45) is 1.29. The molecule has 0 aliphatic rings. The van der Waals surface area contributed by atoms with Gasteiger partial charge in [0.1, 0.15) is 5.75 Å². The van der Waals surface area contributed by atoms with Crippen molar-refractivity contribution in [3.63, 3.8) is 0 Å². The first-order valence-electron chi connectivity index (χ1n) is 7.31. The molecule has 0 unspecified atom stereocenters. The third-order valence-corrected chi connectivity index (χ3v) is 3.43. The zero-order chi connectivity index (χ0) is 17.5. The molecule has 24 heavy (non-hydrogen) atoms. The number of hydrogen-bond acceptors (Lipinski definition) is 4. The van der Waals surface area contributed by atoms with Gasteiger partial charge in [-0.25, -0.2) is 10.2 Å². The highest BCUT2D eigenvalue weighted by Gasteiger charge is 2.07. The van der Waals surface area contributed by atoms with E-state index < -0.39 is 11.9 Å². The number of benzene rings is 2. The van der Waals surface area contributed by atoms with Crippen LogP contribution in [0, 0.1) is 13.8 Å². The smallest absolute Gasteiger partial charge is 0.336 e. The van der Waals surface area contributed by atoms with E-state index in [1.54, 1.807) is 24.3 Å². The molecule has 0 radical (unpaired) electrons. The number of ether oxygens (including phenoxy) is 1. The van der Waals surface area contributed by atoms with E-state index in [2.05, 4.69) is 10.5 Å². The van der Waals surface area contributed by atoms with Crippen LogP contribution in [-0.2, 0) is 4.79 Å². The summed E-state index contributed by atoms with van der Waals surface area (Å²) in [6, 6.07) is 12.0. The molecule has 2 aromatic carbocycles. The fraction of sp³-hybridized carbons (Fsp3) is 0.167. The molecular weight excluding hydrogens is 308 g/mol. The molecule has 2 N–H and O–H groups in total. The van der Waals surface area contributed by atoms with E-state index in [0.29, 0.717) is 11.3 Å².